The highest BCUT2D eigenvalue weighted by molar-refractivity contribution is 7.08. The van der Waals surface area contributed by atoms with Crippen LogP contribution in [-0.4, -0.2) is 17.4 Å². The van der Waals surface area contributed by atoms with Crippen molar-refractivity contribution in [1.29, 1.82) is 0 Å². The van der Waals surface area contributed by atoms with Gasteiger partial charge in [-0.3, -0.25) is 4.79 Å². The van der Waals surface area contributed by atoms with Gasteiger partial charge in [0, 0.05) is 28.8 Å². The number of fused-ring (bicyclic) bond motifs is 1. The van der Waals surface area contributed by atoms with Crippen molar-refractivity contribution in [3.63, 3.8) is 0 Å². The molecule has 162 valence electrons. The van der Waals surface area contributed by atoms with Gasteiger partial charge in [-0.1, -0.05) is 78.9 Å². The van der Waals surface area contributed by atoms with Crippen molar-refractivity contribution in [2.75, 3.05) is 6.54 Å². The number of aromatic nitrogens is 1. The zero-order valence-corrected chi connectivity index (χ0v) is 19.0. The number of hydrogen-bond donors (Lipinski definition) is 1. The van der Waals surface area contributed by atoms with E-state index in [2.05, 4.69) is 59.2 Å². The van der Waals surface area contributed by atoms with Gasteiger partial charge in [-0.15, -0.1) is 0 Å². The van der Waals surface area contributed by atoms with Gasteiger partial charge in [0.2, 0.25) is 0 Å². The minimum absolute atomic E-state index is 0.0649. The number of thiophene rings is 1. The Morgan fingerprint density at radius 2 is 1.52 bits per heavy atom. The van der Waals surface area contributed by atoms with Gasteiger partial charge in [0.25, 0.3) is 5.91 Å². The van der Waals surface area contributed by atoms with E-state index >= 15 is 0 Å². The lowest BCUT2D eigenvalue weighted by molar-refractivity contribution is 0.0954. The quantitative estimate of drug-likeness (QED) is 0.294. The highest BCUT2D eigenvalue weighted by Crippen LogP contribution is 2.28. The number of hydrogen-bond acceptors (Lipinski definition) is 3. The second kappa shape index (κ2) is 9.80. The van der Waals surface area contributed by atoms with Crippen molar-refractivity contribution in [3.05, 3.63) is 125 Å². The van der Waals surface area contributed by atoms with Gasteiger partial charge < -0.3 is 5.32 Å². The molecule has 0 saturated heterocycles. The van der Waals surface area contributed by atoms with Gasteiger partial charge in [0.05, 0.1) is 16.8 Å². The Hall–Kier alpha value is -3.76. The van der Waals surface area contributed by atoms with Gasteiger partial charge in [-0.05, 0) is 41.1 Å². The summed E-state index contributed by atoms with van der Waals surface area (Å²) in [6.07, 6.45) is 0.820. The normalized spacial score (nSPS) is 11.1. The van der Waals surface area contributed by atoms with Crippen molar-refractivity contribution in [1.82, 2.24) is 10.3 Å². The summed E-state index contributed by atoms with van der Waals surface area (Å²) in [5.74, 6) is 0.160. The predicted molar refractivity (Wildman–Crippen MR) is 137 cm³/mol. The number of pyridine rings is 1. The Morgan fingerprint density at radius 1 is 0.848 bits per heavy atom. The summed E-state index contributed by atoms with van der Waals surface area (Å²) >= 11 is 1.63. The molecule has 0 aliphatic heterocycles. The SMILES string of the molecule is O=C(NCCC(c1ccccc1)c1ccccc1)c1cc(-c2ccsc2)nc2ccccc12. The number of nitrogens with zero attached hydrogens (tertiary/aromatic N) is 1. The summed E-state index contributed by atoms with van der Waals surface area (Å²) in [5.41, 5.74) is 5.87. The molecule has 3 aromatic carbocycles. The molecule has 0 bridgehead atoms. The van der Waals surface area contributed by atoms with Crippen LogP contribution in [0.1, 0.15) is 33.8 Å². The fraction of sp³-hybridized carbons (Fsp3) is 0.103. The molecule has 2 aromatic heterocycles. The highest BCUT2D eigenvalue weighted by Gasteiger charge is 2.17. The lowest BCUT2D eigenvalue weighted by Gasteiger charge is -2.19. The molecule has 5 rings (SSSR count). The van der Waals surface area contributed by atoms with Crippen LogP contribution in [-0.2, 0) is 0 Å². The van der Waals surface area contributed by atoms with E-state index in [9.17, 15) is 4.79 Å². The lowest BCUT2D eigenvalue weighted by Crippen LogP contribution is -2.26. The largest absolute Gasteiger partial charge is 0.352 e. The maximum absolute atomic E-state index is 13.3. The van der Waals surface area contributed by atoms with Crippen molar-refractivity contribution in [3.8, 4) is 11.3 Å². The molecule has 1 amide bonds. The third-order valence-corrected chi connectivity index (χ3v) is 6.58. The molecule has 0 radical (unpaired) electrons. The molecule has 1 N–H and O–H groups in total. The summed E-state index contributed by atoms with van der Waals surface area (Å²) in [7, 11) is 0. The van der Waals surface area contributed by atoms with Crippen LogP contribution in [0.3, 0.4) is 0 Å². The molecule has 4 heteroatoms. The summed E-state index contributed by atoms with van der Waals surface area (Å²) in [6.45, 7) is 0.581. The zero-order chi connectivity index (χ0) is 22.5. The fourth-order valence-electron chi connectivity index (χ4n) is 4.24. The van der Waals surface area contributed by atoms with E-state index in [0.717, 1.165) is 28.6 Å². The van der Waals surface area contributed by atoms with E-state index in [1.54, 1.807) is 11.3 Å². The van der Waals surface area contributed by atoms with Crippen LogP contribution in [0.25, 0.3) is 22.2 Å². The molecule has 0 unspecified atom stereocenters. The van der Waals surface area contributed by atoms with E-state index in [1.165, 1.54) is 11.1 Å². The second-order valence-electron chi connectivity index (χ2n) is 8.00. The van der Waals surface area contributed by atoms with Crippen molar-refractivity contribution in [2.45, 2.75) is 12.3 Å². The van der Waals surface area contributed by atoms with Crippen molar-refractivity contribution in [2.24, 2.45) is 0 Å². The molecule has 0 fully saturated rings. The molecule has 0 atom stereocenters. The minimum atomic E-state index is -0.0649. The molecule has 0 saturated carbocycles. The van der Waals surface area contributed by atoms with Crippen LogP contribution in [0.15, 0.2) is 108 Å². The number of rotatable bonds is 7. The Labute approximate surface area is 197 Å². The van der Waals surface area contributed by atoms with Crippen molar-refractivity contribution >= 4 is 28.1 Å². The van der Waals surface area contributed by atoms with Crippen LogP contribution >= 0.6 is 11.3 Å². The average molecular weight is 449 g/mol. The molecule has 3 nitrogen and oxygen atoms in total. The number of nitrogens with one attached hydrogen (secondary N) is 1. The third-order valence-electron chi connectivity index (χ3n) is 5.90. The fourth-order valence-corrected chi connectivity index (χ4v) is 4.89. The first-order valence-corrected chi connectivity index (χ1v) is 12.0. The van der Waals surface area contributed by atoms with Gasteiger partial charge in [-0.25, -0.2) is 4.98 Å². The number of carbonyl (C=O) groups excluding carboxylic acids is 1. The highest BCUT2D eigenvalue weighted by atomic mass is 32.1. The first-order chi connectivity index (χ1) is 16.3. The van der Waals surface area contributed by atoms with Gasteiger partial charge in [0.1, 0.15) is 0 Å². The maximum Gasteiger partial charge on any atom is 0.252 e. The Balaban J connectivity index is 1.38. The predicted octanol–water partition coefficient (Wildman–Crippen LogP) is 6.92. The zero-order valence-electron chi connectivity index (χ0n) is 18.1. The minimum Gasteiger partial charge on any atom is -0.352 e. The standard InChI is InChI=1S/C29H24N2OS/c32-29(26-19-28(23-16-18-33-20-23)31-27-14-8-7-13-25(26)27)30-17-15-24(21-9-3-1-4-10-21)22-11-5-2-6-12-22/h1-14,16,18-20,24H,15,17H2,(H,30,32). The number of benzene rings is 3. The van der Waals surface area contributed by atoms with Gasteiger partial charge >= 0.3 is 0 Å². The average Bonchev–Trinajstić information content (AvgIpc) is 3.42. The Kier molecular flexibility index (Phi) is 6.27. The Morgan fingerprint density at radius 3 is 2.18 bits per heavy atom. The molecule has 0 aliphatic carbocycles. The Bertz CT molecular complexity index is 1310. The van der Waals surface area contributed by atoms with Crippen LogP contribution in [0.2, 0.25) is 0 Å². The molecular weight excluding hydrogens is 424 g/mol. The molecule has 2 heterocycles. The third kappa shape index (κ3) is 4.71. The number of amides is 1. The first kappa shape index (κ1) is 21.1. The number of carbonyl (C=O) groups is 1. The molecule has 0 aliphatic rings. The van der Waals surface area contributed by atoms with Crippen LogP contribution in [0.4, 0.5) is 0 Å². The summed E-state index contributed by atoms with van der Waals surface area (Å²) in [6, 6.07) is 32.7. The van der Waals surface area contributed by atoms with E-state index in [0.29, 0.717) is 12.1 Å². The first-order valence-electron chi connectivity index (χ1n) is 11.1. The second-order valence-corrected chi connectivity index (χ2v) is 8.78. The van der Waals surface area contributed by atoms with Gasteiger partial charge in [-0.2, -0.15) is 11.3 Å². The summed E-state index contributed by atoms with van der Waals surface area (Å²) < 4.78 is 0. The van der Waals surface area contributed by atoms with Crippen molar-refractivity contribution < 1.29 is 4.79 Å². The van der Waals surface area contributed by atoms with E-state index in [-0.39, 0.29) is 11.8 Å². The van der Waals surface area contributed by atoms with Crippen LogP contribution in [0.5, 0.6) is 0 Å². The molecule has 33 heavy (non-hydrogen) atoms. The van der Waals surface area contributed by atoms with E-state index < -0.39 is 0 Å². The topological polar surface area (TPSA) is 42.0 Å². The van der Waals surface area contributed by atoms with Crippen LogP contribution < -0.4 is 5.32 Å². The lowest BCUT2D eigenvalue weighted by atomic mass is 9.88. The van der Waals surface area contributed by atoms with Crippen LogP contribution in [0, 0.1) is 0 Å². The number of para-hydroxylation sites is 1. The van der Waals surface area contributed by atoms with E-state index in [4.69, 9.17) is 4.98 Å². The summed E-state index contributed by atoms with van der Waals surface area (Å²) in [4.78, 5) is 18.1. The summed E-state index contributed by atoms with van der Waals surface area (Å²) in [5, 5.41) is 8.13. The van der Waals surface area contributed by atoms with E-state index in [1.807, 2.05) is 53.9 Å². The monoisotopic (exact) mass is 448 g/mol. The molecular formula is C29H24N2OS. The molecule has 5 aromatic rings. The smallest absolute Gasteiger partial charge is 0.252 e. The van der Waals surface area contributed by atoms with Gasteiger partial charge in [0.15, 0.2) is 0 Å². The molecule has 0 spiro atoms. The maximum atomic E-state index is 13.3.